The van der Waals surface area contributed by atoms with Crippen LogP contribution in [0, 0.1) is 0 Å². The van der Waals surface area contributed by atoms with Crippen molar-refractivity contribution in [3.8, 4) is 0 Å². The molecule has 3 N–H and O–H groups in total. The minimum absolute atomic E-state index is 0. The summed E-state index contributed by atoms with van der Waals surface area (Å²) in [7, 11) is 0. The molecular formula is C20H29IN6. The third kappa shape index (κ3) is 5.44. The van der Waals surface area contributed by atoms with Gasteiger partial charge in [-0.3, -0.25) is 9.89 Å². The van der Waals surface area contributed by atoms with Crippen LogP contribution in [0.4, 0.5) is 0 Å². The lowest BCUT2D eigenvalue weighted by atomic mass is 10.0. The summed E-state index contributed by atoms with van der Waals surface area (Å²) in [6.45, 7) is 4.19. The number of aromatic nitrogens is 2. The van der Waals surface area contributed by atoms with E-state index < -0.39 is 0 Å². The minimum atomic E-state index is 0. The first kappa shape index (κ1) is 20.1. The largest absolute Gasteiger partial charge is 0.370 e. The lowest BCUT2D eigenvalue weighted by Gasteiger charge is -2.31. The first-order chi connectivity index (χ1) is 12.8. The highest BCUT2D eigenvalue weighted by atomic mass is 127. The Hall–Kier alpha value is -1.61. The Labute approximate surface area is 178 Å². The fourth-order valence-electron chi connectivity index (χ4n) is 3.97. The fraction of sp³-hybridized carbons (Fsp3) is 0.500. The summed E-state index contributed by atoms with van der Waals surface area (Å²) >= 11 is 0. The summed E-state index contributed by atoms with van der Waals surface area (Å²) < 4.78 is 2.22. The predicted molar refractivity (Wildman–Crippen MR) is 119 cm³/mol. The van der Waals surface area contributed by atoms with Crippen molar-refractivity contribution in [1.82, 2.24) is 19.8 Å². The Morgan fingerprint density at radius 3 is 2.70 bits per heavy atom. The maximum absolute atomic E-state index is 6.19. The van der Waals surface area contributed by atoms with E-state index in [0.29, 0.717) is 18.0 Å². The van der Waals surface area contributed by atoms with Crippen LogP contribution < -0.4 is 11.1 Å². The average Bonchev–Trinajstić information content (AvgIpc) is 3.12. The van der Waals surface area contributed by atoms with Crippen molar-refractivity contribution in [2.45, 2.75) is 50.9 Å². The zero-order valence-corrected chi connectivity index (χ0v) is 18.0. The minimum Gasteiger partial charge on any atom is -0.370 e. The molecule has 1 saturated heterocycles. The summed E-state index contributed by atoms with van der Waals surface area (Å²) in [4.78, 5) is 11.7. The SMILES string of the molecule is I.NC(=NC1CCN(Cc2ccccc2)CC1)NC1CCn2ccnc2C1. The summed E-state index contributed by atoms with van der Waals surface area (Å²) in [6, 6.07) is 11.3. The molecule has 3 heterocycles. The van der Waals surface area contributed by atoms with E-state index in [0.717, 1.165) is 57.7 Å². The lowest BCUT2D eigenvalue weighted by Crippen LogP contribution is -2.45. The van der Waals surface area contributed by atoms with E-state index in [1.807, 2.05) is 12.4 Å². The molecule has 2 aliphatic heterocycles. The van der Waals surface area contributed by atoms with Gasteiger partial charge in [0, 0.05) is 51.0 Å². The maximum Gasteiger partial charge on any atom is 0.189 e. The Bertz CT molecular complexity index is 736. The van der Waals surface area contributed by atoms with E-state index in [1.165, 1.54) is 5.56 Å². The highest BCUT2D eigenvalue weighted by Gasteiger charge is 2.21. The monoisotopic (exact) mass is 480 g/mol. The zero-order chi connectivity index (χ0) is 17.8. The number of hydrogen-bond acceptors (Lipinski definition) is 3. The summed E-state index contributed by atoms with van der Waals surface area (Å²) in [5.41, 5.74) is 7.57. The van der Waals surface area contributed by atoms with Gasteiger partial charge in [0.2, 0.25) is 0 Å². The van der Waals surface area contributed by atoms with Gasteiger partial charge in [-0.2, -0.15) is 0 Å². The van der Waals surface area contributed by atoms with Crippen LogP contribution in [-0.4, -0.2) is 45.6 Å². The van der Waals surface area contributed by atoms with Crippen LogP contribution in [0.5, 0.6) is 0 Å². The Morgan fingerprint density at radius 1 is 1.15 bits per heavy atom. The van der Waals surface area contributed by atoms with Crippen LogP contribution >= 0.6 is 24.0 Å². The number of halogens is 1. The molecule has 27 heavy (non-hydrogen) atoms. The van der Waals surface area contributed by atoms with Crippen molar-refractivity contribution < 1.29 is 0 Å². The Kier molecular flexibility index (Phi) is 7.12. The molecule has 2 aromatic rings. The maximum atomic E-state index is 6.19. The number of piperidine rings is 1. The summed E-state index contributed by atoms with van der Waals surface area (Å²) in [6.07, 6.45) is 8.05. The number of aliphatic imine (C=N–C) groups is 1. The van der Waals surface area contributed by atoms with Crippen molar-refractivity contribution in [1.29, 1.82) is 0 Å². The van der Waals surface area contributed by atoms with Crippen LogP contribution in [0.25, 0.3) is 0 Å². The van der Waals surface area contributed by atoms with Gasteiger partial charge in [-0.1, -0.05) is 30.3 Å². The van der Waals surface area contributed by atoms with Gasteiger partial charge in [0.25, 0.3) is 0 Å². The van der Waals surface area contributed by atoms with E-state index in [4.69, 9.17) is 10.7 Å². The molecule has 0 aliphatic carbocycles. The number of benzene rings is 1. The van der Waals surface area contributed by atoms with Crippen LogP contribution in [0.3, 0.4) is 0 Å². The van der Waals surface area contributed by atoms with Gasteiger partial charge >= 0.3 is 0 Å². The zero-order valence-electron chi connectivity index (χ0n) is 15.6. The second-order valence-electron chi connectivity index (χ2n) is 7.38. The molecule has 146 valence electrons. The van der Waals surface area contributed by atoms with Crippen LogP contribution in [0.2, 0.25) is 0 Å². The molecule has 0 amide bonds. The molecule has 0 bridgehead atoms. The molecular weight excluding hydrogens is 451 g/mol. The second-order valence-corrected chi connectivity index (χ2v) is 7.38. The summed E-state index contributed by atoms with van der Waals surface area (Å²) in [5, 5.41) is 3.41. The van der Waals surface area contributed by atoms with E-state index in [2.05, 4.69) is 50.1 Å². The number of rotatable bonds is 4. The molecule has 2 aliphatic rings. The van der Waals surface area contributed by atoms with E-state index in [1.54, 1.807) is 0 Å². The predicted octanol–water partition coefficient (Wildman–Crippen LogP) is 2.38. The summed E-state index contributed by atoms with van der Waals surface area (Å²) in [5.74, 6) is 1.73. The molecule has 7 heteroatoms. The first-order valence-corrected chi connectivity index (χ1v) is 9.62. The molecule has 4 rings (SSSR count). The highest BCUT2D eigenvalue weighted by molar-refractivity contribution is 14.0. The van der Waals surface area contributed by atoms with Crippen molar-refractivity contribution in [2.75, 3.05) is 13.1 Å². The normalized spacial score (nSPS) is 21.3. The number of imidazole rings is 1. The molecule has 1 atom stereocenters. The van der Waals surface area contributed by atoms with Gasteiger partial charge in [0.15, 0.2) is 5.96 Å². The van der Waals surface area contributed by atoms with Gasteiger partial charge < -0.3 is 15.6 Å². The molecule has 1 fully saturated rings. The van der Waals surface area contributed by atoms with Crippen molar-refractivity contribution in [2.24, 2.45) is 10.7 Å². The van der Waals surface area contributed by atoms with Gasteiger partial charge in [-0.25, -0.2) is 4.98 Å². The third-order valence-electron chi connectivity index (χ3n) is 5.43. The Morgan fingerprint density at radius 2 is 1.93 bits per heavy atom. The van der Waals surface area contributed by atoms with Gasteiger partial charge in [0.05, 0.1) is 6.04 Å². The number of likely N-dealkylation sites (tertiary alicyclic amines) is 1. The standard InChI is InChI=1S/C20H28N6.HI/c21-20(24-18-8-12-26-13-9-22-19(26)14-18)23-17-6-10-25(11-7-17)15-16-4-2-1-3-5-16;/h1-5,9,13,17-18H,6-8,10-12,14-15H2,(H3,21,23,24);1H. The fourth-order valence-corrected chi connectivity index (χ4v) is 3.97. The molecule has 1 aromatic heterocycles. The number of nitrogens with zero attached hydrogens (tertiary/aromatic N) is 4. The van der Waals surface area contributed by atoms with E-state index in [-0.39, 0.29) is 24.0 Å². The van der Waals surface area contributed by atoms with Gasteiger partial charge in [-0.05, 0) is 24.8 Å². The molecule has 1 aromatic carbocycles. The van der Waals surface area contributed by atoms with E-state index >= 15 is 0 Å². The number of fused-ring (bicyclic) bond motifs is 1. The molecule has 6 nitrogen and oxygen atoms in total. The molecule has 0 saturated carbocycles. The molecule has 0 spiro atoms. The topological polar surface area (TPSA) is 71.5 Å². The van der Waals surface area contributed by atoms with Gasteiger partial charge in [-0.15, -0.1) is 24.0 Å². The lowest BCUT2D eigenvalue weighted by molar-refractivity contribution is 0.206. The first-order valence-electron chi connectivity index (χ1n) is 9.62. The second kappa shape index (κ2) is 9.54. The van der Waals surface area contributed by atoms with Crippen molar-refractivity contribution in [3.05, 3.63) is 54.1 Å². The van der Waals surface area contributed by atoms with E-state index in [9.17, 15) is 0 Å². The smallest absolute Gasteiger partial charge is 0.189 e. The highest BCUT2D eigenvalue weighted by Crippen LogP contribution is 2.17. The quantitative estimate of drug-likeness (QED) is 0.401. The van der Waals surface area contributed by atoms with Crippen LogP contribution in [-0.2, 0) is 19.5 Å². The van der Waals surface area contributed by atoms with Crippen LogP contribution in [0.15, 0.2) is 47.7 Å². The van der Waals surface area contributed by atoms with Crippen LogP contribution in [0.1, 0.15) is 30.7 Å². The average molecular weight is 480 g/mol. The van der Waals surface area contributed by atoms with Crippen molar-refractivity contribution >= 4 is 29.9 Å². The number of nitrogens with two attached hydrogens (primary N) is 1. The number of hydrogen-bond donors (Lipinski definition) is 2. The molecule has 0 radical (unpaired) electrons. The molecule has 1 unspecified atom stereocenters. The number of guanidine groups is 1. The third-order valence-corrected chi connectivity index (χ3v) is 5.43. The van der Waals surface area contributed by atoms with Crippen molar-refractivity contribution in [3.63, 3.8) is 0 Å². The number of aryl methyl sites for hydroxylation is 1. The van der Waals surface area contributed by atoms with Gasteiger partial charge in [0.1, 0.15) is 5.82 Å². The number of nitrogens with one attached hydrogen (secondary N) is 1. The Balaban J connectivity index is 0.00000210.